The Morgan fingerprint density at radius 2 is 2.10 bits per heavy atom. The van der Waals surface area contributed by atoms with Gasteiger partial charge >= 0.3 is 0 Å². The average Bonchev–Trinajstić information content (AvgIpc) is 2.56. The maximum Gasteiger partial charge on any atom is 0.245 e. The number of anilines is 1. The van der Waals surface area contributed by atoms with Gasteiger partial charge in [0.05, 0.1) is 18.0 Å². The minimum atomic E-state index is -0.264. The molecule has 1 aliphatic rings. The fraction of sp³-hybridized carbons (Fsp3) is 0.400. The third-order valence-corrected chi connectivity index (χ3v) is 3.68. The molecule has 3 rings (SSSR count). The van der Waals surface area contributed by atoms with Crippen molar-refractivity contribution in [3.05, 3.63) is 36.3 Å². The van der Waals surface area contributed by atoms with Crippen LogP contribution in [0.2, 0.25) is 0 Å². The van der Waals surface area contributed by atoms with Crippen molar-refractivity contribution in [2.45, 2.75) is 18.9 Å². The highest BCUT2D eigenvalue weighted by atomic mass is 19.1. The summed E-state index contributed by atoms with van der Waals surface area (Å²) in [6.45, 7) is 1.67. The largest absolute Gasteiger partial charge is 0.380 e. The number of methoxy groups -OCH3 is 1. The summed E-state index contributed by atoms with van der Waals surface area (Å²) in [5, 5.41) is 8.13. The number of piperidine rings is 1. The SMILES string of the molecule is COC1CCCN(c2nncc(-c3ccc(F)cc3)n2)C1. The van der Waals surface area contributed by atoms with Crippen LogP contribution in [0, 0.1) is 5.82 Å². The molecule has 110 valence electrons. The van der Waals surface area contributed by atoms with Gasteiger partial charge in [0.15, 0.2) is 0 Å². The summed E-state index contributed by atoms with van der Waals surface area (Å²) in [5.74, 6) is 0.332. The van der Waals surface area contributed by atoms with Crippen LogP contribution in [-0.4, -0.2) is 41.5 Å². The molecule has 2 heterocycles. The maximum absolute atomic E-state index is 13.0. The van der Waals surface area contributed by atoms with Gasteiger partial charge in [-0.3, -0.25) is 0 Å². The second-order valence-electron chi connectivity index (χ2n) is 5.09. The monoisotopic (exact) mass is 288 g/mol. The Kier molecular flexibility index (Phi) is 4.06. The Hall–Kier alpha value is -2.08. The molecule has 0 radical (unpaired) electrons. The number of nitrogens with zero attached hydrogens (tertiary/aromatic N) is 4. The molecule has 0 bridgehead atoms. The van der Waals surface area contributed by atoms with Crippen molar-refractivity contribution in [3.8, 4) is 11.3 Å². The molecule has 21 heavy (non-hydrogen) atoms. The number of hydrogen-bond acceptors (Lipinski definition) is 5. The van der Waals surface area contributed by atoms with E-state index >= 15 is 0 Å². The van der Waals surface area contributed by atoms with Crippen LogP contribution in [0.5, 0.6) is 0 Å². The van der Waals surface area contributed by atoms with E-state index < -0.39 is 0 Å². The minimum Gasteiger partial charge on any atom is -0.380 e. The number of rotatable bonds is 3. The molecule has 0 saturated carbocycles. The molecule has 0 aliphatic carbocycles. The first-order chi connectivity index (χ1) is 10.3. The van der Waals surface area contributed by atoms with Crippen molar-refractivity contribution < 1.29 is 9.13 Å². The summed E-state index contributed by atoms with van der Waals surface area (Å²) >= 11 is 0. The van der Waals surface area contributed by atoms with Gasteiger partial charge in [0.25, 0.3) is 0 Å². The highest BCUT2D eigenvalue weighted by molar-refractivity contribution is 5.59. The maximum atomic E-state index is 13.0. The molecular weight excluding hydrogens is 271 g/mol. The van der Waals surface area contributed by atoms with Crippen LogP contribution in [0.3, 0.4) is 0 Å². The first kappa shape index (κ1) is 13.9. The fourth-order valence-electron chi connectivity index (χ4n) is 2.50. The molecule has 2 aromatic rings. The molecule has 1 atom stereocenters. The predicted molar refractivity (Wildman–Crippen MR) is 77.5 cm³/mol. The van der Waals surface area contributed by atoms with E-state index in [1.54, 1.807) is 25.4 Å². The lowest BCUT2D eigenvalue weighted by atomic mass is 10.1. The summed E-state index contributed by atoms with van der Waals surface area (Å²) in [4.78, 5) is 6.62. The molecule has 0 spiro atoms. The molecular formula is C15H17FN4O. The second-order valence-corrected chi connectivity index (χ2v) is 5.09. The number of hydrogen-bond donors (Lipinski definition) is 0. The van der Waals surface area contributed by atoms with Gasteiger partial charge in [-0.1, -0.05) is 0 Å². The first-order valence-corrected chi connectivity index (χ1v) is 6.99. The van der Waals surface area contributed by atoms with Gasteiger partial charge in [0.1, 0.15) is 5.82 Å². The van der Waals surface area contributed by atoms with Crippen LogP contribution in [-0.2, 0) is 4.74 Å². The Balaban J connectivity index is 1.84. The molecule has 1 unspecified atom stereocenters. The summed E-state index contributed by atoms with van der Waals surface area (Å²) in [6.07, 6.45) is 3.90. The van der Waals surface area contributed by atoms with E-state index in [0.717, 1.165) is 31.5 Å². The Bertz CT molecular complexity index is 605. The van der Waals surface area contributed by atoms with E-state index in [1.165, 1.54) is 12.1 Å². The average molecular weight is 288 g/mol. The summed E-state index contributed by atoms with van der Waals surface area (Å²) in [6, 6.07) is 6.21. The quantitative estimate of drug-likeness (QED) is 0.867. The van der Waals surface area contributed by atoms with Crippen LogP contribution in [0.4, 0.5) is 10.3 Å². The Morgan fingerprint density at radius 1 is 1.29 bits per heavy atom. The summed E-state index contributed by atoms with van der Waals surface area (Å²) in [7, 11) is 1.72. The molecule has 5 nitrogen and oxygen atoms in total. The van der Waals surface area contributed by atoms with E-state index in [1.807, 2.05) is 0 Å². The van der Waals surface area contributed by atoms with Crippen molar-refractivity contribution >= 4 is 5.95 Å². The van der Waals surface area contributed by atoms with Crippen LogP contribution in [0.1, 0.15) is 12.8 Å². The van der Waals surface area contributed by atoms with Crippen LogP contribution >= 0.6 is 0 Å². The zero-order valence-corrected chi connectivity index (χ0v) is 11.9. The van der Waals surface area contributed by atoms with E-state index in [9.17, 15) is 4.39 Å². The Morgan fingerprint density at radius 3 is 2.86 bits per heavy atom. The van der Waals surface area contributed by atoms with Crippen molar-refractivity contribution in [1.29, 1.82) is 0 Å². The van der Waals surface area contributed by atoms with Crippen molar-refractivity contribution in [2.75, 3.05) is 25.1 Å². The van der Waals surface area contributed by atoms with E-state index in [-0.39, 0.29) is 11.9 Å². The molecule has 1 aliphatic heterocycles. The number of aromatic nitrogens is 3. The molecule has 0 N–H and O–H groups in total. The second kappa shape index (κ2) is 6.13. The zero-order chi connectivity index (χ0) is 14.7. The van der Waals surface area contributed by atoms with Crippen LogP contribution in [0.15, 0.2) is 30.5 Å². The van der Waals surface area contributed by atoms with Gasteiger partial charge in [0.2, 0.25) is 5.95 Å². The highest BCUT2D eigenvalue weighted by Gasteiger charge is 2.22. The van der Waals surface area contributed by atoms with Gasteiger partial charge in [-0.05, 0) is 37.1 Å². The molecule has 1 fully saturated rings. The van der Waals surface area contributed by atoms with E-state index in [4.69, 9.17) is 4.74 Å². The van der Waals surface area contributed by atoms with Crippen molar-refractivity contribution in [2.24, 2.45) is 0 Å². The highest BCUT2D eigenvalue weighted by Crippen LogP contribution is 2.21. The summed E-state index contributed by atoms with van der Waals surface area (Å²) < 4.78 is 18.4. The number of halogens is 1. The van der Waals surface area contributed by atoms with Crippen LogP contribution < -0.4 is 4.90 Å². The van der Waals surface area contributed by atoms with E-state index in [2.05, 4.69) is 20.1 Å². The van der Waals surface area contributed by atoms with Crippen molar-refractivity contribution in [1.82, 2.24) is 15.2 Å². The number of benzene rings is 1. The van der Waals surface area contributed by atoms with Gasteiger partial charge in [0, 0.05) is 25.8 Å². The molecule has 6 heteroatoms. The van der Waals surface area contributed by atoms with Gasteiger partial charge < -0.3 is 9.64 Å². The van der Waals surface area contributed by atoms with Crippen LogP contribution in [0.25, 0.3) is 11.3 Å². The normalized spacial score (nSPS) is 18.8. The lowest BCUT2D eigenvalue weighted by Gasteiger charge is -2.31. The first-order valence-electron chi connectivity index (χ1n) is 6.99. The lowest BCUT2D eigenvalue weighted by molar-refractivity contribution is 0.0889. The topological polar surface area (TPSA) is 51.1 Å². The minimum absolute atomic E-state index is 0.205. The molecule has 1 aromatic heterocycles. The smallest absolute Gasteiger partial charge is 0.245 e. The third kappa shape index (κ3) is 3.16. The predicted octanol–water partition coefficient (Wildman–Crippen LogP) is 2.29. The van der Waals surface area contributed by atoms with Gasteiger partial charge in [-0.25, -0.2) is 9.37 Å². The third-order valence-electron chi connectivity index (χ3n) is 3.68. The van der Waals surface area contributed by atoms with Gasteiger partial charge in [-0.2, -0.15) is 5.10 Å². The van der Waals surface area contributed by atoms with Crippen molar-refractivity contribution in [3.63, 3.8) is 0 Å². The molecule has 0 amide bonds. The molecule has 1 aromatic carbocycles. The Labute approximate surface area is 122 Å². The standard InChI is InChI=1S/C15H17FN4O/c1-21-13-3-2-8-20(10-13)15-18-14(9-17-19-15)11-4-6-12(16)7-5-11/h4-7,9,13H,2-3,8,10H2,1H3. The zero-order valence-electron chi connectivity index (χ0n) is 11.9. The van der Waals surface area contributed by atoms with E-state index in [0.29, 0.717) is 11.6 Å². The molecule has 1 saturated heterocycles. The lowest BCUT2D eigenvalue weighted by Crippen LogP contribution is -2.40. The summed E-state index contributed by atoms with van der Waals surface area (Å²) in [5.41, 5.74) is 1.52. The van der Waals surface area contributed by atoms with Gasteiger partial charge in [-0.15, -0.1) is 5.10 Å². The number of ether oxygens (including phenoxy) is 1. The fourth-order valence-corrected chi connectivity index (χ4v) is 2.50.